The van der Waals surface area contributed by atoms with Gasteiger partial charge < -0.3 is 11.1 Å². The van der Waals surface area contributed by atoms with E-state index in [0.29, 0.717) is 30.0 Å². The second-order valence-corrected chi connectivity index (χ2v) is 4.22. The van der Waals surface area contributed by atoms with Gasteiger partial charge >= 0.3 is 0 Å². The molecule has 0 fully saturated rings. The van der Waals surface area contributed by atoms with Gasteiger partial charge in [-0.05, 0) is 36.6 Å². The predicted molar refractivity (Wildman–Crippen MR) is 72.0 cm³/mol. The van der Waals surface area contributed by atoms with E-state index in [4.69, 9.17) is 5.73 Å². The Balaban J connectivity index is 1.95. The zero-order valence-corrected chi connectivity index (χ0v) is 10.3. The third kappa shape index (κ3) is 2.97. The average molecular weight is 245 g/mol. The molecule has 3 N–H and O–H groups in total. The molecule has 1 heterocycles. The Labute approximate surface area is 106 Å². The summed E-state index contributed by atoms with van der Waals surface area (Å²) in [6, 6.07) is 8.62. The molecule has 1 aromatic carbocycles. The van der Waals surface area contributed by atoms with Gasteiger partial charge in [-0.3, -0.25) is 0 Å². The number of nitrogens with two attached hydrogens (primary N) is 1. The van der Waals surface area contributed by atoms with E-state index in [1.54, 1.807) is 18.3 Å². The minimum absolute atomic E-state index is 0.177. The molecule has 0 aliphatic heterocycles. The highest BCUT2D eigenvalue weighted by Gasteiger charge is 2.02. The number of benzene rings is 1. The van der Waals surface area contributed by atoms with Crippen LogP contribution in [-0.4, -0.2) is 11.5 Å². The van der Waals surface area contributed by atoms with Crippen molar-refractivity contribution in [2.75, 3.05) is 17.6 Å². The van der Waals surface area contributed by atoms with E-state index < -0.39 is 0 Å². The number of hydrogen-bond acceptors (Lipinski definition) is 3. The molecule has 0 atom stereocenters. The summed E-state index contributed by atoms with van der Waals surface area (Å²) >= 11 is 0. The quantitative estimate of drug-likeness (QED) is 0.870. The van der Waals surface area contributed by atoms with Gasteiger partial charge in [0, 0.05) is 12.7 Å². The number of hydrogen-bond donors (Lipinski definition) is 2. The lowest BCUT2D eigenvalue weighted by Gasteiger charge is -2.09. The molecule has 0 aliphatic rings. The van der Waals surface area contributed by atoms with Crippen molar-refractivity contribution in [1.29, 1.82) is 0 Å². The molecule has 0 radical (unpaired) electrons. The van der Waals surface area contributed by atoms with E-state index >= 15 is 0 Å². The minimum atomic E-state index is -0.177. The van der Waals surface area contributed by atoms with Crippen molar-refractivity contribution in [3.8, 4) is 0 Å². The van der Waals surface area contributed by atoms with Crippen LogP contribution in [-0.2, 0) is 6.42 Å². The number of pyridine rings is 1. The lowest BCUT2D eigenvalue weighted by Crippen LogP contribution is -2.09. The highest BCUT2D eigenvalue weighted by molar-refractivity contribution is 5.61. The Morgan fingerprint density at radius 2 is 2.11 bits per heavy atom. The number of nitrogens with one attached hydrogen (secondary N) is 1. The van der Waals surface area contributed by atoms with Gasteiger partial charge in [0.2, 0.25) is 0 Å². The SMILES string of the molecule is Cc1cnc(NCCc2ccccc2F)c(N)c1. The Kier molecular flexibility index (Phi) is 3.77. The van der Waals surface area contributed by atoms with Crippen LogP contribution in [0.15, 0.2) is 36.5 Å². The van der Waals surface area contributed by atoms with Crippen LogP contribution in [0, 0.1) is 12.7 Å². The van der Waals surface area contributed by atoms with Gasteiger partial charge in [0.05, 0.1) is 5.69 Å². The van der Waals surface area contributed by atoms with Crippen molar-refractivity contribution < 1.29 is 4.39 Å². The van der Waals surface area contributed by atoms with Crippen molar-refractivity contribution in [2.24, 2.45) is 0 Å². The Morgan fingerprint density at radius 1 is 1.33 bits per heavy atom. The molecular formula is C14H16FN3. The van der Waals surface area contributed by atoms with Crippen LogP contribution in [0.2, 0.25) is 0 Å². The number of halogens is 1. The highest BCUT2D eigenvalue weighted by Crippen LogP contribution is 2.16. The lowest BCUT2D eigenvalue weighted by atomic mass is 10.1. The Hall–Kier alpha value is -2.10. The molecule has 0 unspecified atom stereocenters. The largest absolute Gasteiger partial charge is 0.396 e. The zero-order chi connectivity index (χ0) is 13.0. The van der Waals surface area contributed by atoms with Crippen molar-refractivity contribution in [2.45, 2.75) is 13.3 Å². The van der Waals surface area contributed by atoms with Gasteiger partial charge in [-0.15, -0.1) is 0 Å². The molecule has 0 saturated carbocycles. The molecule has 94 valence electrons. The summed E-state index contributed by atoms with van der Waals surface area (Å²) in [6.45, 7) is 2.54. The summed E-state index contributed by atoms with van der Waals surface area (Å²) in [7, 11) is 0. The van der Waals surface area contributed by atoms with Gasteiger partial charge in [0.15, 0.2) is 0 Å². The fourth-order valence-corrected chi connectivity index (χ4v) is 1.76. The third-order valence-electron chi connectivity index (χ3n) is 2.70. The summed E-state index contributed by atoms with van der Waals surface area (Å²) in [5.74, 6) is 0.473. The summed E-state index contributed by atoms with van der Waals surface area (Å²) in [6.07, 6.45) is 2.35. The second-order valence-electron chi connectivity index (χ2n) is 4.22. The average Bonchev–Trinajstić information content (AvgIpc) is 2.34. The van der Waals surface area contributed by atoms with Gasteiger partial charge in [-0.25, -0.2) is 9.37 Å². The maximum absolute atomic E-state index is 13.4. The molecule has 18 heavy (non-hydrogen) atoms. The van der Waals surface area contributed by atoms with Gasteiger partial charge in [0.1, 0.15) is 11.6 Å². The van der Waals surface area contributed by atoms with Crippen LogP contribution in [0.1, 0.15) is 11.1 Å². The zero-order valence-electron chi connectivity index (χ0n) is 10.3. The summed E-state index contributed by atoms with van der Waals surface area (Å²) in [4.78, 5) is 4.20. The van der Waals surface area contributed by atoms with Crippen molar-refractivity contribution >= 4 is 11.5 Å². The molecule has 1 aromatic heterocycles. The molecule has 4 heteroatoms. The molecule has 0 bridgehead atoms. The number of aryl methyl sites for hydroxylation is 1. The molecule has 0 aliphatic carbocycles. The summed E-state index contributed by atoms with van der Waals surface area (Å²) in [5, 5.41) is 3.11. The fourth-order valence-electron chi connectivity index (χ4n) is 1.76. The summed E-state index contributed by atoms with van der Waals surface area (Å²) in [5.41, 5.74) is 8.16. The van der Waals surface area contributed by atoms with Crippen molar-refractivity contribution in [3.63, 3.8) is 0 Å². The van der Waals surface area contributed by atoms with Crippen LogP contribution < -0.4 is 11.1 Å². The third-order valence-corrected chi connectivity index (χ3v) is 2.70. The monoisotopic (exact) mass is 245 g/mol. The first-order valence-electron chi connectivity index (χ1n) is 5.86. The number of rotatable bonds is 4. The summed E-state index contributed by atoms with van der Waals surface area (Å²) < 4.78 is 13.4. The molecule has 3 nitrogen and oxygen atoms in total. The first-order valence-corrected chi connectivity index (χ1v) is 5.86. The van der Waals surface area contributed by atoms with E-state index in [1.165, 1.54) is 6.07 Å². The van der Waals surface area contributed by atoms with Crippen molar-refractivity contribution in [1.82, 2.24) is 4.98 Å². The normalized spacial score (nSPS) is 10.3. The standard InChI is InChI=1S/C14H16FN3/c1-10-8-13(16)14(18-9-10)17-7-6-11-4-2-3-5-12(11)15/h2-5,8-9H,6-7,16H2,1H3,(H,17,18). The smallest absolute Gasteiger partial charge is 0.149 e. The molecule has 0 saturated heterocycles. The van der Waals surface area contributed by atoms with Crippen LogP contribution in [0.25, 0.3) is 0 Å². The first kappa shape index (κ1) is 12.4. The Bertz CT molecular complexity index is 540. The topological polar surface area (TPSA) is 50.9 Å². The van der Waals surface area contributed by atoms with E-state index in [-0.39, 0.29) is 5.82 Å². The lowest BCUT2D eigenvalue weighted by molar-refractivity contribution is 0.610. The number of aromatic nitrogens is 1. The van der Waals surface area contributed by atoms with E-state index in [0.717, 1.165) is 5.56 Å². The van der Waals surface area contributed by atoms with Gasteiger partial charge in [0.25, 0.3) is 0 Å². The van der Waals surface area contributed by atoms with Gasteiger partial charge in [-0.1, -0.05) is 18.2 Å². The van der Waals surface area contributed by atoms with Crippen LogP contribution in [0.4, 0.5) is 15.9 Å². The number of anilines is 2. The Morgan fingerprint density at radius 3 is 2.83 bits per heavy atom. The number of nitrogen functional groups attached to an aromatic ring is 1. The maximum Gasteiger partial charge on any atom is 0.149 e. The fraction of sp³-hybridized carbons (Fsp3) is 0.214. The van der Waals surface area contributed by atoms with E-state index in [1.807, 2.05) is 19.1 Å². The van der Waals surface area contributed by atoms with Crippen LogP contribution in [0.5, 0.6) is 0 Å². The molecular weight excluding hydrogens is 229 g/mol. The van der Waals surface area contributed by atoms with Crippen molar-refractivity contribution in [3.05, 3.63) is 53.5 Å². The van der Waals surface area contributed by atoms with E-state index in [9.17, 15) is 4.39 Å². The predicted octanol–water partition coefficient (Wildman–Crippen LogP) is 2.77. The second kappa shape index (κ2) is 5.49. The van der Waals surface area contributed by atoms with Crippen LogP contribution >= 0.6 is 0 Å². The molecule has 0 amide bonds. The van der Waals surface area contributed by atoms with Gasteiger partial charge in [-0.2, -0.15) is 0 Å². The van der Waals surface area contributed by atoms with E-state index in [2.05, 4.69) is 10.3 Å². The number of nitrogens with zero attached hydrogens (tertiary/aromatic N) is 1. The molecule has 2 aromatic rings. The minimum Gasteiger partial charge on any atom is -0.396 e. The highest BCUT2D eigenvalue weighted by atomic mass is 19.1. The van der Waals surface area contributed by atoms with Crippen LogP contribution in [0.3, 0.4) is 0 Å². The molecule has 2 rings (SSSR count). The molecule has 0 spiro atoms. The first-order chi connectivity index (χ1) is 8.66. The maximum atomic E-state index is 13.4.